The van der Waals surface area contributed by atoms with Crippen LogP contribution in [-0.2, 0) is 9.84 Å². The van der Waals surface area contributed by atoms with Crippen LogP contribution in [0.15, 0.2) is 36.7 Å². The van der Waals surface area contributed by atoms with E-state index in [9.17, 15) is 31.5 Å². The number of hydrogen-bond donors (Lipinski definition) is 2. The first-order valence-corrected chi connectivity index (χ1v) is 14.2. The monoisotopic (exact) mass is 568 g/mol. The van der Waals surface area contributed by atoms with Crippen molar-refractivity contribution < 1.29 is 41.0 Å². The molecule has 2 aliphatic rings. The van der Waals surface area contributed by atoms with Crippen LogP contribution >= 0.6 is 0 Å². The molecule has 1 amide bonds. The van der Waals surface area contributed by atoms with E-state index in [0.717, 1.165) is 12.8 Å². The number of alkyl halides is 3. The zero-order chi connectivity index (χ0) is 28.0. The highest BCUT2D eigenvalue weighted by Gasteiger charge is 2.35. The minimum atomic E-state index is -4.58. The molecule has 4 heterocycles. The summed E-state index contributed by atoms with van der Waals surface area (Å²) in [4.78, 5) is 17.0. The number of pyridine rings is 2. The van der Waals surface area contributed by atoms with Gasteiger partial charge in [-0.25, -0.2) is 17.9 Å². The van der Waals surface area contributed by atoms with Gasteiger partial charge in [0.15, 0.2) is 18.1 Å². The summed E-state index contributed by atoms with van der Waals surface area (Å²) in [6.07, 6.45) is -0.335. The highest BCUT2D eigenvalue weighted by Crippen LogP contribution is 2.42. The van der Waals surface area contributed by atoms with Crippen molar-refractivity contribution in [1.29, 1.82) is 0 Å². The van der Waals surface area contributed by atoms with Crippen molar-refractivity contribution in [2.24, 2.45) is 5.92 Å². The number of aliphatic hydroxyl groups excluding tert-OH is 1. The van der Waals surface area contributed by atoms with Crippen molar-refractivity contribution in [3.63, 3.8) is 0 Å². The Morgan fingerprint density at radius 3 is 2.64 bits per heavy atom. The molecule has 2 N–H and O–H groups in total. The first-order valence-electron chi connectivity index (χ1n) is 12.4. The Labute approximate surface area is 222 Å². The molecule has 1 saturated carbocycles. The number of ether oxygens (including phenoxy) is 2. The molecule has 39 heavy (non-hydrogen) atoms. The molecule has 2 fully saturated rings. The normalized spacial score (nSPS) is 19.4. The van der Waals surface area contributed by atoms with E-state index in [2.05, 4.69) is 15.4 Å². The second kappa shape index (κ2) is 9.97. The SMILES string of the molecule is CC1(NC(=O)c2cc3cc(Oc4ncc([C@H](O)C5CC5)cc4OCC(F)(F)F)ccn3n2)CCS(=O)(=O)CC1. The van der Waals surface area contributed by atoms with E-state index < -0.39 is 40.2 Å². The maximum atomic E-state index is 12.9. The fraction of sp³-hybridized carbons (Fsp3) is 0.480. The minimum Gasteiger partial charge on any atom is -0.478 e. The zero-order valence-electron chi connectivity index (χ0n) is 20.9. The number of aliphatic hydroxyl groups is 1. The van der Waals surface area contributed by atoms with Crippen molar-refractivity contribution in [3.05, 3.63) is 47.9 Å². The van der Waals surface area contributed by atoms with Gasteiger partial charge in [-0.05, 0) is 56.7 Å². The molecule has 0 radical (unpaired) electrons. The number of fused-ring (bicyclic) bond motifs is 1. The molecule has 1 atom stereocenters. The number of carbonyl (C=O) groups is 1. The van der Waals surface area contributed by atoms with Gasteiger partial charge < -0.3 is 19.9 Å². The van der Waals surface area contributed by atoms with Crippen LogP contribution in [0.25, 0.3) is 5.52 Å². The van der Waals surface area contributed by atoms with Gasteiger partial charge >= 0.3 is 6.18 Å². The Hall–Kier alpha value is -3.39. The third kappa shape index (κ3) is 6.61. The van der Waals surface area contributed by atoms with Crippen LogP contribution in [-0.4, -0.2) is 63.9 Å². The minimum absolute atomic E-state index is 0.00112. The van der Waals surface area contributed by atoms with Gasteiger partial charge in [0.2, 0.25) is 0 Å². The standard InChI is InChI=1S/C25H27F3N4O6S/c1-24(5-8-39(35,36)9-6-24)30-22(34)19-12-17-11-18(4-7-32(17)31-19)38-23-20(37-14-25(26,27)28)10-16(13-29-23)21(33)15-2-3-15/h4,7,10-13,15,21,33H,2-3,5-6,8-9,14H2,1H3,(H,30,34)/t21-/m1/s1. The molecule has 210 valence electrons. The van der Waals surface area contributed by atoms with Gasteiger partial charge in [0, 0.05) is 29.6 Å². The molecule has 0 unspecified atom stereocenters. The van der Waals surface area contributed by atoms with E-state index in [1.54, 1.807) is 6.92 Å². The number of carbonyl (C=O) groups excluding carboxylic acids is 1. The number of rotatable bonds is 8. The molecule has 5 rings (SSSR count). The van der Waals surface area contributed by atoms with Crippen LogP contribution in [0.2, 0.25) is 0 Å². The maximum absolute atomic E-state index is 12.9. The van der Waals surface area contributed by atoms with Crippen LogP contribution in [0.1, 0.15) is 54.8 Å². The fourth-order valence-corrected chi connectivity index (χ4v) is 6.07. The molecule has 0 spiro atoms. The Morgan fingerprint density at radius 2 is 1.97 bits per heavy atom. The van der Waals surface area contributed by atoms with Gasteiger partial charge in [-0.2, -0.15) is 18.3 Å². The van der Waals surface area contributed by atoms with Gasteiger partial charge in [0.05, 0.1) is 23.1 Å². The Bertz CT molecular complexity index is 1490. The average molecular weight is 569 g/mol. The molecule has 1 aliphatic heterocycles. The summed E-state index contributed by atoms with van der Waals surface area (Å²) in [6.45, 7) is 0.237. The first kappa shape index (κ1) is 27.2. The lowest BCUT2D eigenvalue weighted by molar-refractivity contribution is -0.153. The first-order chi connectivity index (χ1) is 18.3. The van der Waals surface area contributed by atoms with Gasteiger partial charge in [-0.15, -0.1) is 0 Å². The number of amides is 1. The van der Waals surface area contributed by atoms with Crippen molar-refractivity contribution >= 4 is 21.3 Å². The number of nitrogens with one attached hydrogen (secondary N) is 1. The van der Waals surface area contributed by atoms with Crippen molar-refractivity contribution in [2.75, 3.05) is 18.1 Å². The summed E-state index contributed by atoms with van der Waals surface area (Å²) in [5.74, 6) is -0.694. The summed E-state index contributed by atoms with van der Waals surface area (Å²) in [5.41, 5.74) is 0.234. The van der Waals surface area contributed by atoms with Gasteiger partial charge in [-0.1, -0.05) is 0 Å². The lowest BCUT2D eigenvalue weighted by Gasteiger charge is -2.34. The third-order valence-electron chi connectivity index (χ3n) is 6.87. The largest absolute Gasteiger partial charge is 0.478 e. The van der Waals surface area contributed by atoms with Gasteiger partial charge in [0.25, 0.3) is 11.8 Å². The van der Waals surface area contributed by atoms with E-state index in [0.29, 0.717) is 23.9 Å². The van der Waals surface area contributed by atoms with E-state index in [1.807, 2.05) is 0 Å². The topological polar surface area (TPSA) is 132 Å². The molecule has 3 aromatic heterocycles. The molecule has 0 aromatic carbocycles. The van der Waals surface area contributed by atoms with Crippen LogP contribution < -0.4 is 14.8 Å². The molecule has 1 aliphatic carbocycles. The Morgan fingerprint density at radius 1 is 1.26 bits per heavy atom. The Balaban J connectivity index is 1.34. The third-order valence-corrected chi connectivity index (χ3v) is 8.52. The number of hydrogen-bond acceptors (Lipinski definition) is 8. The van der Waals surface area contributed by atoms with Crippen LogP contribution in [0.4, 0.5) is 13.2 Å². The summed E-state index contributed by atoms with van der Waals surface area (Å²) < 4.78 is 74.1. The number of sulfone groups is 1. The smallest absolute Gasteiger partial charge is 0.422 e. The summed E-state index contributed by atoms with van der Waals surface area (Å²) >= 11 is 0. The molecule has 1 saturated heterocycles. The number of nitrogens with zero attached hydrogens (tertiary/aromatic N) is 3. The lowest BCUT2D eigenvalue weighted by atomic mass is 9.94. The Kier molecular flexibility index (Phi) is 6.95. The summed E-state index contributed by atoms with van der Waals surface area (Å²) in [6, 6.07) is 5.83. The molecular formula is C25H27F3N4O6S. The van der Waals surface area contributed by atoms with Crippen LogP contribution in [0.3, 0.4) is 0 Å². The van der Waals surface area contributed by atoms with Crippen molar-refractivity contribution in [2.45, 2.75) is 50.4 Å². The summed E-state index contributed by atoms with van der Waals surface area (Å²) in [7, 11) is -3.09. The highest BCUT2D eigenvalue weighted by molar-refractivity contribution is 7.91. The zero-order valence-corrected chi connectivity index (χ0v) is 21.8. The summed E-state index contributed by atoms with van der Waals surface area (Å²) in [5, 5.41) is 17.5. The predicted octanol–water partition coefficient (Wildman–Crippen LogP) is 3.60. The number of aromatic nitrogens is 3. The molecular weight excluding hydrogens is 541 g/mol. The second-order valence-corrected chi connectivity index (χ2v) is 12.6. The van der Waals surface area contributed by atoms with Crippen molar-refractivity contribution in [1.82, 2.24) is 19.9 Å². The predicted molar refractivity (Wildman–Crippen MR) is 132 cm³/mol. The maximum Gasteiger partial charge on any atom is 0.422 e. The van der Waals surface area contributed by atoms with E-state index >= 15 is 0 Å². The molecule has 14 heteroatoms. The lowest BCUT2D eigenvalue weighted by Crippen LogP contribution is -2.51. The van der Waals surface area contributed by atoms with E-state index in [1.165, 1.54) is 41.2 Å². The fourth-order valence-electron chi connectivity index (χ4n) is 4.34. The molecule has 3 aromatic rings. The van der Waals surface area contributed by atoms with Gasteiger partial charge in [-0.3, -0.25) is 4.79 Å². The quantitative estimate of drug-likeness (QED) is 0.421. The number of halogens is 3. The highest BCUT2D eigenvalue weighted by atomic mass is 32.2. The van der Waals surface area contributed by atoms with E-state index in [-0.39, 0.29) is 40.5 Å². The van der Waals surface area contributed by atoms with Crippen LogP contribution in [0.5, 0.6) is 17.4 Å². The van der Waals surface area contributed by atoms with E-state index in [4.69, 9.17) is 9.47 Å². The van der Waals surface area contributed by atoms with Gasteiger partial charge in [0.1, 0.15) is 15.6 Å². The second-order valence-electron chi connectivity index (χ2n) is 10.3. The van der Waals surface area contributed by atoms with Crippen molar-refractivity contribution in [3.8, 4) is 17.4 Å². The molecule has 10 nitrogen and oxygen atoms in total. The molecule has 0 bridgehead atoms. The average Bonchev–Trinajstić information content (AvgIpc) is 3.63. The van der Waals surface area contributed by atoms with Crippen LogP contribution in [0, 0.1) is 5.92 Å².